The average Bonchev–Trinajstić information content (AvgIpc) is 3.49. The third-order valence-electron chi connectivity index (χ3n) is 13.2. The summed E-state index contributed by atoms with van der Waals surface area (Å²) in [6.45, 7) is 4.17. The lowest BCUT2D eigenvalue weighted by Crippen LogP contribution is -2.59. The fraction of sp³-hybridized carbons (Fsp3) is 0.372. The third kappa shape index (κ3) is 4.69. The van der Waals surface area contributed by atoms with Gasteiger partial charge in [-0.3, -0.25) is 14.4 Å². The number of halogens is 1. The number of hydrogen-bond donors (Lipinski definition) is 1. The Bertz CT molecular complexity index is 2320. The van der Waals surface area contributed by atoms with Gasteiger partial charge in [-0.25, -0.2) is 9.97 Å². The van der Waals surface area contributed by atoms with E-state index in [1.165, 1.54) is 50.4 Å². The summed E-state index contributed by atoms with van der Waals surface area (Å²) < 4.78 is 0. The summed E-state index contributed by atoms with van der Waals surface area (Å²) >= 11 is 6.25. The molecule has 1 amide bonds. The molecule has 4 saturated carbocycles. The Morgan fingerprint density at radius 3 is 2.37 bits per heavy atom. The molecule has 4 fully saturated rings. The molecule has 11 rings (SSSR count). The molecule has 2 unspecified atom stereocenters. The van der Waals surface area contributed by atoms with Crippen LogP contribution in [-0.4, -0.2) is 40.7 Å². The molecule has 8 nitrogen and oxygen atoms in total. The molecule has 2 atom stereocenters. The van der Waals surface area contributed by atoms with Gasteiger partial charge >= 0.3 is 0 Å². The lowest BCUT2D eigenvalue weighted by molar-refractivity contribution is -0.126. The van der Waals surface area contributed by atoms with E-state index in [-0.39, 0.29) is 30.7 Å². The molecule has 0 saturated heterocycles. The molecule has 3 aromatic carbocycles. The molecule has 1 aliphatic heterocycles. The standard InChI is InChI=1S/C43H40ClN5O3/c1-24-11-34-33-16-38(50)35-15-29(44)5-8-32(35)31(33)9-10-36(34)42(2,40(24)52)49-23-48(37-20-45-22-46-41(37)49)21-39(51)47-30-6-3-28(4-7-30)43-17-25-12-26(18-43)14-27(13-25)19-43/h3-11,15-16,20,22,24-27H,12-14,17-19,21,23H2,1-2H3,(H,47,51). The Balaban J connectivity index is 0.935. The minimum absolute atomic E-state index is 0.0178. The number of anilines is 3. The van der Waals surface area contributed by atoms with Crippen molar-refractivity contribution in [2.24, 2.45) is 23.7 Å². The Labute approximate surface area is 307 Å². The Hall–Kier alpha value is -4.82. The highest BCUT2D eigenvalue weighted by Crippen LogP contribution is 2.60. The summed E-state index contributed by atoms with van der Waals surface area (Å²) in [6, 6.07) is 18.0. The molecule has 9 heteroatoms. The maximum atomic E-state index is 14.4. The van der Waals surface area contributed by atoms with E-state index in [0.29, 0.717) is 27.5 Å². The van der Waals surface area contributed by atoms with Crippen molar-refractivity contribution < 1.29 is 14.4 Å². The molecule has 4 aromatic rings. The molecule has 4 bridgehead atoms. The Morgan fingerprint density at radius 2 is 1.63 bits per heavy atom. The van der Waals surface area contributed by atoms with Crippen molar-refractivity contribution in [3.05, 3.63) is 99.3 Å². The van der Waals surface area contributed by atoms with Gasteiger partial charge in [0.25, 0.3) is 0 Å². The lowest BCUT2D eigenvalue weighted by Gasteiger charge is -2.57. The van der Waals surface area contributed by atoms with Gasteiger partial charge in [0.2, 0.25) is 5.91 Å². The van der Waals surface area contributed by atoms with Gasteiger partial charge in [0, 0.05) is 22.2 Å². The molecule has 1 aromatic heterocycles. The van der Waals surface area contributed by atoms with E-state index in [4.69, 9.17) is 11.6 Å². The van der Waals surface area contributed by atoms with Gasteiger partial charge in [-0.2, -0.15) is 0 Å². The van der Waals surface area contributed by atoms with Gasteiger partial charge in [0.15, 0.2) is 17.4 Å². The van der Waals surface area contributed by atoms with Crippen molar-refractivity contribution in [3.8, 4) is 11.1 Å². The van der Waals surface area contributed by atoms with Gasteiger partial charge in [-0.15, -0.1) is 0 Å². The van der Waals surface area contributed by atoms with E-state index in [9.17, 15) is 14.4 Å². The highest BCUT2D eigenvalue weighted by molar-refractivity contribution is 6.32. The summed E-state index contributed by atoms with van der Waals surface area (Å²) in [5.41, 5.74) is 5.21. The lowest BCUT2D eigenvalue weighted by atomic mass is 9.48. The van der Waals surface area contributed by atoms with Crippen molar-refractivity contribution in [1.82, 2.24) is 9.97 Å². The van der Waals surface area contributed by atoms with Crippen LogP contribution in [-0.2, 0) is 20.5 Å². The van der Waals surface area contributed by atoms with Crippen molar-refractivity contribution in [1.29, 1.82) is 0 Å². The summed E-state index contributed by atoms with van der Waals surface area (Å²) in [6.07, 6.45) is 15.0. The topological polar surface area (TPSA) is 95.5 Å². The van der Waals surface area contributed by atoms with Gasteiger partial charge in [-0.05, 0) is 132 Å². The first-order valence-electron chi connectivity index (χ1n) is 18.6. The largest absolute Gasteiger partial charge is 0.340 e. The first-order chi connectivity index (χ1) is 25.1. The summed E-state index contributed by atoms with van der Waals surface area (Å²) in [5.74, 6) is 2.56. The Kier molecular flexibility index (Phi) is 6.95. The molecule has 262 valence electrons. The molecule has 0 radical (unpaired) electrons. The predicted molar refractivity (Wildman–Crippen MR) is 203 cm³/mol. The third-order valence-corrected chi connectivity index (χ3v) is 13.4. The smallest absolute Gasteiger partial charge is 0.243 e. The number of Topliss-reactive ketones (excluding diaryl/α,β-unsaturated/α-hetero) is 2. The van der Waals surface area contributed by atoms with Crippen LogP contribution in [0.1, 0.15) is 73.9 Å². The second kappa shape index (κ2) is 11.3. The van der Waals surface area contributed by atoms with Crippen LogP contribution in [0.2, 0.25) is 5.02 Å². The minimum Gasteiger partial charge on any atom is -0.340 e. The highest BCUT2D eigenvalue weighted by atomic mass is 35.5. The van der Waals surface area contributed by atoms with Gasteiger partial charge in [-0.1, -0.05) is 54.9 Å². The zero-order valence-corrected chi connectivity index (χ0v) is 30.1. The molecule has 6 aliphatic carbocycles. The molecule has 7 aliphatic rings. The number of fused-ring (bicyclic) bond motifs is 6. The summed E-state index contributed by atoms with van der Waals surface area (Å²) in [5, 5.41) is 5.31. The molecule has 0 spiro atoms. The van der Waals surface area contributed by atoms with Crippen LogP contribution in [0.25, 0.3) is 23.3 Å². The maximum absolute atomic E-state index is 14.4. The van der Waals surface area contributed by atoms with E-state index in [0.717, 1.165) is 50.6 Å². The number of ketones is 2. The van der Waals surface area contributed by atoms with Crippen LogP contribution in [0.4, 0.5) is 17.2 Å². The normalized spacial score (nSPS) is 29.1. The number of aromatic nitrogens is 2. The fourth-order valence-corrected chi connectivity index (χ4v) is 11.4. The second-order valence-electron chi connectivity index (χ2n) is 16.4. The molecular formula is C43H40ClN5O3. The number of nitrogens with zero attached hydrogens (tertiary/aromatic N) is 4. The fourth-order valence-electron chi connectivity index (χ4n) is 11.3. The zero-order valence-electron chi connectivity index (χ0n) is 29.4. The minimum atomic E-state index is -1.13. The van der Waals surface area contributed by atoms with E-state index in [2.05, 4.69) is 39.6 Å². The van der Waals surface area contributed by atoms with Crippen molar-refractivity contribution in [2.75, 3.05) is 28.3 Å². The summed E-state index contributed by atoms with van der Waals surface area (Å²) in [7, 11) is 0. The van der Waals surface area contributed by atoms with E-state index in [1.807, 2.05) is 47.9 Å². The van der Waals surface area contributed by atoms with Crippen molar-refractivity contribution in [3.63, 3.8) is 0 Å². The number of nitrogens with one attached hydrogen (secondary N) is 1. The monoisotopic (exact) mass is 709 g/mol. The quantitative estimate of drug-likeness (QED) is 0.257. The van der Waals surface area contributed by atoms with Crippen LogP contribution < -0.4 is 25.6 Å². The van der Waals surface area contributed by atoms with Crippen LogP contribution in [0.15, 0.2) is 67.1 Å². The zero-order chi connectivity index (χ0) is 35.5. The van der Waals surface area contributed by atoms with Gasteiger partial charge in [0.05, 0.1) is 19.4 Å². The van der Waals surface area contributed by atoms with Crippen LogP contribution in [0.5, 0.6) is 0 Å². The number of amides is 1. The molecule has 2 heterocycles. The number of rotatable bonds is 5. The number of benzene rings is 3. The number of hydrogen-bond acceptors (Lipinski definition) is 7. The average molecular weight is 710 g/mol. The second-order valence-corrected chi connectivity index (χ2v) is 16.8. The van der Waals surface area contributed by atoms with Crippen LogP contribution in [0, 0.1) is 23.7 Å². The van der Waals surface area contributed by atoms with E-state index >= 15 is 0 Å². The first-order valence-corrected chi connectivity index (χ1v) is 19.0. The molecule has 1 N–H and O–H groups in total. The van der Waals surface area contributed by atoms with Crippen molar-refractivity contribution in [2.45, 2.75) is 63.3 Å². The predicted octanol–water partition coefficient (Wildman–Crippen LogP) is 6.38. The molecule has 52 heavy (non-hydrogen) atoms. The first kappa shape index (κ1) is 31.9. The number of carbonyl (C=O) groups excluding carboxylic acids is 3. The van der Waals surface area contributed by atoms with Gasteiger partial charge in [0.1, 0.15) is 17.6 Å². The SMILES string of the molecule is CC1C=c2c(ccc3c2=CC(=O)c2cc(Cl)ccc2-3)C(C)(N2CN(CC(=O)Nc3ccc(C45CC6CC(CC(C6)C4)C5)cc3)c3cncnc32)C1=O. The molecular weight excluding hydrogens is 670 g/mol. The number of carbonyl (C=O) groups is 3. The van der Waals surface area contributed by atoms with E-state index in [1.54, 1.807) is 24.4 Å². The van der Waals surface area contributed by atoms with Crippen LogP contribution >= 0.6 is 11.6 Å². The maximum Gasteiger partial charge on any atom is 0.243 e. The van der Waals surface area contributed by atoms with Crippen molar-refractivity contribution >= 4 is 58.4 Å². The van der Waals surface area contributed by atoms with Crippen LogP contribution in [0.3, 0.4) is 0 Å². The Morgan fingerprint density at radius 1 is 0.923 bits per heavy atom. The highest BCUT2D eigenvalue weighted by Gasteiger charge is 2.52. The summed E-state index contributed by atoms with van der Waals surface area (Å²) in [4.78, 5) is 54.3. The van der Waals surface area contributed by atoms with E-state index < -0.39 is 11.5 Å². The van der Waals surface area contributed by atoms with Gasteiger partial charge < -0.3 is 15.1 Å².